The molecule has 0 radical (unpaired) electrons. The lowest BCUT2D eigenvalue weighted by Crippen LogP contribution is -2.24. The molecule has 0 unspecified atom stereocenters. The van der Waals surface area contributed by atoms with E-state index in [-0.39, 0.29) is 6.04 Å². The highest BCUT2D eigenvalue weighted by atomic mass is 32.1. The summed E-state index contributed by atoms with van der Waals surface area (Å²) < 4.78 is 26.7. The van der Waals surface area contributed by atoms with E-state index in [9.17, 15) is 8.78 Å². The molecule has 0 amide bonds. The monoisotopic (exact) mass is 328 g/mol. The van der Waals surface area contributed by atoms with E-state index in [1.54, 1.807) is 11.3 Å². The van der Waals surface area contributed by atoms with Crippen LogP contribution in [0.2, 0.25) is 0 Å². The van der Waals surface area contributed by atoms with Crippen LogP contribution >= 0.6 is 11.3 Å². The van der Waals surface area contributed by atoms with Gasteiger partial charge in [0.25, 0.3) is 0 Å². The van der Waals surface area contributed by atoms with E-state index >= 15 is 0 Å². The minimum absolute atomic E-state index is 0.104. The Morgan fingerprint density at radius 3 is 2.55 bits per heavy atom. The maximum atomic E-state index is 12.9. The number of thiazole rings is 1. The van der Waals surface area contributed by atoms with Gasteiger partial charge in [-0.2, -0.15) is 8.78 Å². The lowest BCUT2D eigenvalue weighted by atomic mass is 10.2. The zero-order chi connectivity index (χ0) is 16.4. The molecule has 0 aliphatic heterocycles. The van der Waals surface area contributed by atoms with Gasteiger partial charge < -0.3 is 0 Å². The molecule has 1 atom stereocenters. The normalized spacial score (nSPS) is 13.5. The Labute approximate surface area is 133 Å². The fourth-order valence-corrected chi connectivity index (χ4v) is 3.46. The molecule has 122 valence electrons. The predicted molar refractivity (Wildman–Crippen MR) is 84.3 cm³/mol. The number of aromatic nitrogens is 3. The lowest BCUT2D eigenvalue weighted by molar-refractivity contribution is 0.0636. The summed E-state index contributed by atoms with van der Waals surface area (Å²) in [6, 6.07) is 0.104. The Kier molecular flexibility index (Phi) is 5.28. The smallest absolute Gasteiger partial charge is 0.291 e. The largest absolute Gasteiger partial charge is 0.319 e. The maximum Gasteiger partial charge on any atom is 0.319 e. The van der Waals surface area contributed by atoms with Crippen molar-refractivity contribution in [3.8, 4) is 0 Å². The van der Waals surface area contributed by atoms with Gasteiger partial charge in [0.2, 0.25) is 0 Å². The van der Waals surface area contributed by atoms with Gasteiger partial charge in [0.1, 0.15) is 5.82 Å². The Balaban J connectivity index is 2.15. The summed E-state index contributed by atoms with van der Waals surface area (Å²) in [5.41, 5.74) is 1.02. The van der Waals surface area contributed by atoms with Crippen molar-refractivity contribution in [2.75, 3.05) is 7.05 Å². The molecule has 0 spiro atoms. The first-order valence-electron chi connectivity index (χ1n) is 7.28. The zero-order valence-electron chi connectivity index (χ0n) is 13.5. The summed E-state index contributed by atoms with van der Waals surface area (Å²) in [5, 5.41) is 1.11. The highest BCUT2D eigenvalue weighted by Gasteiger charge is 2.21. The van der Waals surface area contributed by atoms with E-state index in [1.165, 1.54) is 17.3 Å². The minimum atomic E-state index is -2.56. The van der Waals surface area contributed by atoms with Gasteiger partial charge in [0.15, 0.2) is 0 Å². The molecule has 2 aromatic heterocycles. The summed E-state index contributed by atoms with van der Waals surface area (Å²) in [5.74, 6) is 0.767. The second-order valence-electron chi connectivity index (χ2n) is 5.78. The molecular formula is C15H22F2N4S. The van der Waals surface area contributed by atoms with Gasteiger partial charge in [0.05, 0.1) is 17.2 Å². The third-order valence-corrected chi connectivity index (χ3v) is 5.36. The van der Waals surface area contributed by atoms with Crippen LogP contribution in [0.25, 0.3) is 0 Å². The molecule has 4 nitrogen and oxygen atoms in total. The molecule has 2 aromatic rings. The van der Waals surface area contributed by atoms with Gasteiger partial charge in [-0.1, -0.05) is 13.8 Å². The zero-order valence-corrected chi connectivity index (χ0v) is 14.4. The molecule has 2 rings (SSSR count). The van der Waals surface area contributed by atoms with Crippen molar-refractivity contribution in [2.45, 2.75) is 52.7 Å². The summed E-state index contributed by atoms with van der Waals surface area (Å²) in [6.07, 6.45) is 2.72. The van der Waals surface area contributed by atoms with Crippen LogP contribution in [0.1, 0.15) is 60.7 Å². The second-order valence-corrected chi connectivity index (χ2v) is 6.84. The van der Waals surface area contributed by atoms with E-state index < -0.39 is 6.55 Å². The van der Waals surface area contributed by atoms with Crippen molar-refractivity contribution in [3.05, 3.63) is 33.8 Å². The molecule has 22 heavy (non-hydrogen) atoms. The van der Waals surface area contributed by atoms with Gasteiger partial charge in [-0.3, -0.25) is 9.47 Å². The van der Waals surface area contributed by atoms with Gasteiger partial charge in [-0.15, -0.1) is 11.3 Å². The van der Waals surface area contributed by atoms with Crippen molar-refractivity contribution in [1.82, 2.24) is 19.4 Å². The molecule has 0 bridgehead atoms. The lowest BCUT2D eigenvalue weighted by Gasteiger charge is -2.24. The number of rotatable bonds is 6. The molecule has 0 fully saturated rings. The van der Waals surface area contributed by atoms with Crippen LogP contribution in [0.15, 0.2) is 12.4 Å². The van der Waals surface area contributed by atoms with E-state index in [0.717, 1.165) is 15.3 Å². The quantitative estimate of drug-likeness (QED) is 0.790. The van der Waals surface area contributed by atoms with Crippen molar-refractivity contribution in [3.63, 3.8) is 0 Å². The van der Waals surface area contributed by atoms with E-state index in [4.69, 9.17) is 0 Å². The van der Waals surface area contributed by atoms with Gasteiger partial charge in [-0.25, -0.2) is 9.97 Å². The molecule has 0 aliphatic rings. The van der Waals surface area contributed by atoms with Crippen molar-refractivity contribution >= 4 is 11.3 Å². The summed E-state index contributed by atoms with van der Waals surface area (Å²) in [4.78, 5) is 11.8. The summed E-state index contributed by atoms with van der Waals surface area (Å²) in [6.45, 7) is 6.13. The minimum Gasteiger partial charge on any atom is -0.291 e. The van der Waals surface area contributed by atoms with Crippen LogP contribution in [0.3, 0.4) is 0 Å². The molecule has 0 aromatic carbocycles. The fraction of sp³-hybridized carbons (Fsp3) is 0.600. The molecule has 0 N–H and O–H groups in total. The average Bonchev–Trinajstić information content (AvgIpc) is 3.04. The average molecular weight is 328 g/mol. The predicted octanol–water partition coefficient (Wildman–Crippen LogP) is 4.36. The topological polar surface area (TPSA) is 34.0 Å². The van der Waals surface area contributed by atoms with E-state index in [1.807, 2.05) is 18.9 Å². The molecule has 0 saturated heterocycles. The number of halogens is 2. The summed E-state index contributed by atoms with van der Waals surface area (Å²) >= 11 is 1.70. The highest BCUT2D eigenvalue weighted by Crippen LogP contribution is 2.32. The van der Waals surface area contributed by atoms with Crippen LogP contribution < -0.4 is 0 Å². The first-order chi connectivity index (χ1) is 10.3. The first kappa shape index (κ1) is 17.0. The van der Waals surface area contributed by atoms with E-state index in [2.05, 4.69) is 30.7 Å². The van der Waals surface area contributed by atoms with Crippen molar-refractivity contribution in [2.24, 2.45) is 0 Å². The Hall–Kier alpha value is -1.34. The molecule has 0 aliphatic carbocycles. The van der Waals surface area contributed by atoms with Gasteiger partial charge in [0, 0.05) is 29.2 Å². The van der Waals surface area contributed by atoms with Crippen LogP contribution in [0.5, 0.6) is 0 Å². The first-order valence-corrected chi connectivity index (χ1v) is 8.10. The molecule has 2 heterocycles. The molecular weight excluding hydrogens is 306 g/mol. The SMILES string of the molecule is Cc1nc(C(C)C)sc1[C@@H](C)N(C)Cc1nccn1C(F)F. The van der Waals surface area contributed by atoms with Crippen molar-refractivity contribution in [1.29, 1.82) is 0 Å². The van der Waals surface area contributed by atoms with Gasteiger partial charge >= 0.3 is 6.55 Å². The fourth-order valence-electron chi connectivity index (χ4n) is 2.27. The van der Waals surface area contributed by atoms with E-state index in [0.29, 0.717) is 18.3 Å². The Bertz CT molecular complexity index is 621. The number of nitrogens with zero attached hydrogens (tertiary/aromatic N) is 4. The third-order valence-electron chi connectivity index (χ3n) is 3.73. The number of alkyl halides is 2. The van der Waals surface area contributed by atoms with Gasteiger partial charge in [-0.05, 0) is 20.9 Å². The standard InChI is InChI=1S/C15H22F2N4S/c1-9(2)14-19-10(3)13(22-14)11(4)20(5)8-12-18-6-7-21(12)15(16)17/h6-7,9,11,15H,8H2,1-5H3/t11-/m1/s1. The maximum absolute atomic E-state index is 12.9. The van der Waals surface area contributed by atoms with Crippen molar-refractivity contribution < 1.29 is 8.78 Å². The van der Waals surface area contributed by atoms with Crippen LogP contribution in [-0.4, -0.2) is 26.5 Å². The Morgan fingerprint density at radius 2 is 2.00 bits per heavy atom. The summed E-state index contributed by atoms with van der Waals surface area (Å²) in [7, 11) is 1.92. The highest BCUT2D eigenvalue weighted by molar-refractivity contribution is 7.11. The van der Waals surface area contributed by atoms with Crippen LogP contribution in [0.4, 0.5) is 8.78 Å². The molecule has 0 saturated carbocycles. The number of imidazole rings is 1. The number of hydrogen-bond donors (Lipinski definition) is 0. The van der Waals surface area contributed by atoms with Crippen LogP contribution in [-0.2, 0) is 6.54 Å². The second kappa shape index (κ2) is 6.83. The molecule has 7 heteroatoms. The Morgan fingerprint density at radius 1 is 1.32 bits per heavy atom. The number of aryl methyl sites for hydroxylation is 1. The van der Waals surface area contributed by atoms with Crippen LogP contribution in [0, 0.1) is 6.92 Å². The third kappa shape index (κ3) is 3.52. The number of hydrogen-bond acceptors (Lipinski definition) is 4.